The lowest BCUT2D eigenvalue weighted by Crippen LogP contribution is -2.36. The molecule has 2 atom stereocenters. The number of rotatable bonds is 8. The van der Waals surface area contributed by atoms with Crippen molar-refractivity contribution in [1.29, 1.82) is 0 Å². The number of nitrogens with two attached hydrogens (primary N) is 1. The summed E-state index contributed by atoms with van der Waals surface area (Å²) in [5.41, 5.74) is 5.76. The Morgan fingerprint density at radius 3 is 2.67 bits per heavy atom. The predicted octanol–water partition coefficient (Wildman–Crippen LogP) is 1.05. The zero-order chi connectivity index (χ0) is 11.7. The van der Waals surface area contributed by atoms with Crippen LogP contribution in [0.2, 0.25) is 0 Å². The fourth-order valence-corrected chi connectivity index (χ4v) is 1.38. The summed E-state index contributed by atoms with van der Waals surface area (Å²) in [7, 11) is 0. The van der Waals surface area contributed by atoms with Gasteiger partial charge >= 0.3 is 0 Å². The van der Waals surface area contributed by atoms with E-state index in [2.05, 4.69) is 12.2 Å². The third-order valence-corrected chi connectivity index (χ3v) is 2.14. The molecule has 0 spiro atoms. The first kappa shape index (κ1) is 14.4. The van der Waals surface area contributed by atoms with Crippen molar-refractivity contribution < 1.29 is 9.53 Å². The summed E-state index contributed by atoms with van der Waals surface area (Å²) in [4.78, 5) is 11.4. The van der Waals surface area contributed by atoms with Crippen LogP contribution in [-0.4, -0.2) is 31.2 Å². The van der Waals surface area contributed by atoms with Gasteiger partial charge in [0.2, 0.25) is 5.91 Å². The molecule has 0 bridgehead atoms. The smallest absolute Gasteiger partial charge is 0.221 e. The highest BCUT2D eigenvalue weighted by Gasteiger charge is 2.09. The van der Waals surface area contributed by atoms with Gasteiger partial charge in [-0.3, -0.25) is 4.79 Å². The fraction of sp³-hybridized carbons (Fsp3) is 0.909. The van der Waals surface area contributed by atoms with Crippen molar-refractivity contribution in [1.82, 2.24) is 5.32 Å². The highest BCUT2D eigenvalue weighted by atomic mass is 16.5. The summed E-state index contributed by atoms with van der Waals surface area (Å²) in [6, 6.07) is -0.0163. The van der Waals surface area contributed by atoms with Gasteiger partial charge in [0.15, 0.2) is 0 Å². The quantitative estimate of drug-likeness (QED) is 0.637. The topological polar surface area (TPSA) is 64.4 Å². The number of ether oxygens (including phenoxy) is 1. The van der Waals surface area contributed by atoms with Gasteiger partial charge in [0, 0.05) is 25.6 Å². The molecule has 0 rings (SSSR count). The molecular formula is C11H24N2O2. The van der Waals surface area contributed by atoms with Crippen LogP contribution >= 0.6 is 0 Å². The van der Waals surface area contributed by atoms with Crippen LogP contribution in [0.1, 0.15) is 40.0 Å². The van der Waals surface area contributed by atoms with Crippen LogP contribution in [-0.2, 0) is 9.53 Å². The Labute approximate surface area is 92.6 Å². The number of carbonyl (C=O) groups is 1. The average molecular weight is 216 g/mol. The van der Waals surface area contributed by atoms with Gasteiger partial charge in [0.05, 0.1) is 6.10 Å². The van der Waals surface area contributed by atoms with E-state index in [4.69, 9.17) is 10.5 Å². The van der Waals surface area contributed by atoms with Crippen LogP contribution in [0, 0.1) is 0 Å². The first-order valence-electron chi connectivity index (χ1n) is 5.74. The molecular weight excluding hydrogens is 192 g/mol. The Morgan fingerprint density at radius 1 is 1.47 bits per heavy atom. The molecule has 0 aromatic carbocycles. The van der Waals surface area contributed by atoms with Gasteiger partial charge < -0.3 is 15.8 Å². The van der Waals surface area contributed by atoms with E-state index in [1.165, 1.54) is 0 Å². The molecule has 90 valence electrons. The molecule has 1 amide bonds. The van der Waals surface area contributed by atoms with E-state index >= 15 is 0 Å². The molecule has 0 aliphatic rings. The van der Waals surface area contributed by atoms with Crippen molar-refractivity contribution in [3.05, 3.63) is 0 Å². The second kappa shape index (κ2) is 8.68. The first-order chi connectivity index (χ1) is 7.10. The second-order valence-electron chi connectivity index (χ2n) is 3.82. The van der Waals surface area contributed by atoms with Crippen molar-refractivity contribution in [2.75, 3.05) is 13.2 Å². The molecule has 4 nitrogen and oxygen atoms in total. The molecule has 0 saturated heterocycles. The number of carbonyl (C=O) groups excluding carboxylic acids is 1. The van der Waals surface area contributed by atoms with E-state index in [1.807, 2.05) is 13.8 Å². The van der Waals surface area contributed by atoms with Crippen molar-refractivity contribution in [3.8, 4) is 0 Å². The molecule has 0 heterocycles. The third-order valence-electron chi connectivity index (χ3n) is 2.14. The fourth-order valence-electron chi connectivity index (χ4n) is 1.38. The third kappa shape index (κ3) is 8.39. The number of amides is 1. The SMILES string of the molecule is CCCC(N)CC(=O)NCC(C)OCC. The van der Waals surface area contributed by atoms with Crippen molar-refractivity contribution in [3.63, 3.8) is 0 Å². The molecule has 15 heavy (non-hydrogen) atoms. The normalized spacial score (nSPS) is 14.7. The monoisotopic (exact) mass is 216 g/mol. The molecule has 0 radical (unpaired) electrons. The molecule has 3 N–H and O–H groups in total. The van der Waals surface area contributed by atoms with Crippen molar-refractivity contribution in [2.24, 2.45) is 5.73 Å². The minimum atomic E-state index is -0.0163. The molecule has 0 aromatic rings. The summed E-state index contributed by atoms with van der Waals surface area (Å²) in [5.74, 6) is 0.0162. The maximum absolute atomic E-state index is 11.4. The Kier molecular flexibility index (Phi) is 8.33. The van der Waals surface area contributed by atoms with E-state index in [9.17, 15) is 4.79 Å². The average Bonchev–Trinajstić information content (AvgIpc) is 2.15. The lowest BCUT2D eigenvalue weighted by molar-refractivity contribution is -0.122. The molecule has 0 aromatic heterocycles. The minimum absolute atomic E-state index is 0.0162. The summed E-state index contributed by atoms with van der Waals surface area (Å²) < 4.78 is 5.30. The molecule has 0 fully saturated rings. The minimum Gasteiger partial charge on any atom is -0.377 e. The van der Waals surface area contributed by atoms with Crippen LogP contribution in [0.25, 0.3) is 0 Å². The molecule has 4 heteroatoms. The summed E-state index contributed by atoms with van der Waals surface area (Å²) in [6.45, 7) is 7.18. The van der Waals surface area contributed by atoms with Crippen LogP contribution < -0.4 is 11.1 Å². The lowest BCUT2D eigenvalue weighted by Gasteiger charge is -2.14. The van der Waals surface area contributed by atoms with Gasteiger partial charge in [-0.15, -0.1) is 0 Å². The predicted molar refractivity (Wildman–Crippen MR) is 61.6 cm³/mol. The Morgan fingerprint density at radius 2 is 2.13 bits per heavy atom. The molecule has 0 aliphatic heterocycles. The summed E-state index contributed by atoms with van der Waals surface area (Å²) in [5, 5.41) is 2.81. The zero-order valence-corrected chi connectivity index (χ0v) is 10.1. The van der Waals surface area contributed by atoms with Crippen LogP contribution in [0.5, 0.6) is 0 Å². The molecule has 0 saturated carbocycles. The lowest BCUT2D eigenvalue weighted by atomic mass is 10.1. The van der Waals surface area contributed by atoms with E-state index in [0.717, 1.165) is 12.8 Å². The molecule has 2 unspecified atom stereocenters. The van der Waals surface area contributed by atoms with Crippen molar-refractivity contribution >= 4 is 5.91 Å². The van der Waals surface area contributed by atoms with Crippen LogP contribution in [0.15, 0.2) is 0 Å². The summed E-state index contributed by atoms with van der Waals surface area (Å²) in [6.07, 6.45) is 2.40. The van der Waals surface area contributed by atoms with Gasteiger partial charge in [-0.05, 0) is 20.3 Å². The van der Waals surface area contributed by atoms with Gasteiger partial charge in [0.25, 0.3) is 0 Å². The maximum Gasteiger partial charge on any atom is 0.221 e. The highest BCUT2D eigenvalue weighted by molar-refractivity contribution is 5.76. The van der Waals surface area contributed by atoms with Crippen LogP contribution in [0.4, 0.5) is 0 Å². The van der Waals surface area contributed by atoms with Gasteiger partial charge in [-0.1, -0.05) is 13.3 Å². The van der Waals surface area contributed by atoms with Crippen molar-refractivity contribution in [2.45, 2.75) is 52.2 Å². The highest BCUT2D eigenvalue weighted by Crippen LogP contribution is 1.98. The Bertz CT molecular complexity index is 174. The Hall–Kier alpha value is -0.610. The van der Waals surface area contributed by atoms with E-state index in [1.54, 1.807) is 0 Å². The standard InChI is InChI=1S/C11H24N2O2/c1-4-6-10(12)7-11(14)13-8-9(3)15-5-2/h9-10H,4-8,12H2,1-3H3,(H,13,14). The number of nitrogens with one attached hydrogen (secondary N) is 1. The molecule has 0 aliphatic carbocycles. The van der Waals surface area contributed by atoms with E-state index < -0.39 is 0 Å². The number of hydrogen-bond donors (Lipinski definition) is 2. The zero-order valence-electron chi connectivity index (χ0n) is 10.1. The van der Waals surface area contributed by atoms with Gasteiger partial charge in [0.1, 0.15) is 0 Å². The van der Waals surface area contributed by atoms with E-state index in [-0.39, 0.29) is 18.1 Å². The maximum atomic E-state index is 11.4. The number of hydrogen-bond acceptors (Lipinski definition) is 3. The largest absolute Gasteiger partial charge is 0.377 e. The van der Waals surface area contributed by atoms with Gasteiger partial charge in [-0.2, -0.15) is 0 Å². The van der Waals surface area contributed by atoms with Gasteiger partial charge in [-0.25, -0.2) is 0 Å². The van der Waals surface area contributed by atoms with Crippen LogP contribution in [0.3, 0.4) is 0 Å². The first-order valence-corrected chi connectivity index (χ1v) is 5.74. The summed E-state index contributed by atoms with van der Waals surface area (Å²) >= 11 is 0. The Balaban J connectivity index is 3.56. The second-order valence-corrected chi connectivity index (χ2v) is 3.82. The van der Waals surface area contributed by atoms with E-state index in [0.29, 0.717) is 19.6 Å².